The molecule has 0 radical (unpaired) electrons. The molecule has 0 spiro atoms. The molecule has 70 valence electrons. The maximum absolute atomic E-state index is 11.0. The number of carbonyl (C=O) groups excluding carboxylic acids is 1. The van der Waals surface area contributed by atoms with E-state index in [2.05, 4.69) is 4.98 Å². The number of ether oxygens (including phenoxy) is 1. The first-order valence-corrected chi connectivity index (χ1v) is 3.64. The number of pyridine rings is 1. The van der Waals surface area contributed by atoms with Crippen molar-refractivity contribution in [3.63, 3.8) is 0 Å². The van der Waals surface area contributed by atoms with E-state index in [0.29, 0.717) is 0 Å². The van der Waals surface area contributed by atoms with Crippen molar-refractivity contribution in [3.8, 4) is 11.6 Å². The first kappa shape index (κ1) is 9.31. The van der Waals surface area contributed by atoms with Crippen molar-refractivity contribution in [2.24, 2.45) is 0 Å². The van der Waals surface area contributed by atoms with Crippen LogP contribution in [0.25, 0.3) is 0 Å². The number of aromatic nitrogens is 1. The van der Waals surface area contributed by atoms with E-state index < -0.39 is 6.09 Å². The molecule has 13 heavy (non-hydrogen) atoms. The Morgan fingerprint density at radius 1 is 1.54 bits per heavy atom. The zero-order valence-electron chi connectivity index (χ0n) is 7.39. The summed E-state index contributed by atoms with van der Waals surface area (Å²) in [5, 5.41) is 8.89. The second-order valence-corrected chi connectivity index (χ2v) is 2.62. The molecule has 1 rings (SSSR count). The van der Waals surface area contributed by atoms with Crippen molar-refractivity contribution in [1.29, 1.82) is 0 Å². The Bertz CT molecular complexity index is 295. The van der Waals surface area contributed by atoms with Gasteiger partial charge in [-0.1, -0.05) is 0 Å². The van der Waals surface area contributed by atoms with E-state index in [-0.39, 0.29) is 11.6 Å². The fourth-order valence-electron chi connectivity index (χ4n) is 0.614. The number of hydrogen-bond donors (Lipinski definition) is 1. The maximum atomic E-state index is 11.0. The zero-order chi connectivity index (χ0) is 9.84. The van der Waals surface area contributed by atoms with Crippen LogP contribution in [-0.2, 0) is 0 Å². The lowest BCUT2D eigenvalue weighted by Gasteiger charge is -2.09. The summed E-state index contributed by atoms with van der Waals surface area (Å²) in [6.07, 6.45) is 0.705. The van der Waals surface area contributed by atoms with Crippen LogP contribution in [0.15, 0.2) is 18.3 Å². The molecule has 0 saturated carbocycles. The van der Waals surface area contributed by atoms with Gasteiger partial charge in [0.15, 0.2) is 0 Å². The van der Waals surface area contributed by atoms with Crippen LogP contribution >= 0.6 is 0 Å². The summed E-state index contributed by atoms with van der Waals surface area (Å²) in [7, 11) is 3.14. The smallest absolute Gasteiger partial charge is 0.416 e. The van der Waals surface area contributed by atoms with Crippen LogP contribution in [-0.4, -0.2) is 35.2 Å². The third kappa shape index (κ3) is 2.62. The van der Waals surface area contributed by atoms with Crippen LogP contribution in [0.4, 0.5) is 4.79 Å². The minimum Gasteiger partial charge on any atom is -0.506 e. The first-order valence-electron chi connectivity index (χ1n) is 3.64. The standard InChI is InChI=1S/C8H10N2O3/c1-10(2)8(12)13-7-4-3-6(11)5-9-7/h3-5,11H,1-2H3. The van der Waals surface area contributed by atoms with Gasteiger partial charge in [0, 0.05) is 20.2 Å². The number of rotatable bonds is 1. The van der Waals surface area contributed by atoms with Crippen LogP contribution < -0.4 is 4.74 Å². The largest absolute Gasteiger partial charge is 0.506 e. The number of nitrogens with zero attached hydrogens (tertiary/aromatic N) is 2. The average molecular weight is 182 g/mol. The maximum Gasteiger partial charge on any atom is 0.416 e. The zero-order valence-corrected chi connectivity index (χ0v) is 7.39. The molecule has 1 heterocycles. The Morgan fingerprint density at radius 2 is 2.23 bits per heavy atom. The summed E-state index contributed by atoms with van der Waals surface area (Å²) < 4.78 is 4.80. The summed E-state index contributed by atoms with van der Waals surface area (Å²) in [6, 6.07) is 2.81. The van der Waals surface area contributed by atoms with Gasteiger partial charge in [0.05, 0.1) is 6.20 Å². The van der Waals surface area contributed by atoms with E-state index >= 15 is 0 Å². The highest BCUT2D eigenvalue weighted by Gasteiger charge is 2.06. The van der Waals surface area contributed by atoms with Gasteiger partial charge < -0.3 is 14.7 Å². The number of hydrogen-bond acceptors (Lipinski definition) is 4. The number of carbonyl (C=O) groups is 1. The lowest BCUT2D eigenvalue weighted by atomic mass is 10.4. The van der Waals surface area contributed by atoms with Gasteiger partial charge in [-0.15, -0.1) is 0 Å². The van der Waals surface area contributed by atoms with Gasteiger partial charge in [0.1, 0.15) is 5.75 Å². The molecule has 0 aliphatic rings. The number of amides is 1. The molecular formula is C8H10N2O3. The van der Waals surface area contributed by atoms with Crippen molar-refractivity contribution in [2.75, 3.05) is 14.1 Å². The molecule has 0 saturated heterocycles. The molecule has 5 heteroatoms. The molecule has 0 bridgehead atoms. The van der Waals surface area contributed by atoms with Crippen LogP contribution in [0, 0.1) is 0 Å². The van der Waals surface area contributed by atoms with Crippen molar-refractivity contribution < 1.29 is 14.6 Å². The highest BCUT2D eigenvalue weighted by molar-refractivity contribution is 5.69. The van der Waals surface area contributed by atoms with E-state index in [0.717, 1.165) is 0 Å². The minimum absolute atomic E-state index is 0.0321. The lowest BCUT2D eigenvalue weighted by Crippen LogP contribution is -2.25. The van der Waals surface area contributed by atoms with Gasteiger partial charge in [-0.05, 0) is 6.07 Å². The van der Waals surface area contributed by atoms with E-state index in [4.69, 9.17) is 9.84 Å². The second kappa shape index (κ2) is 3.75. The number of aromatic hydroxyl groups is 1. The molecule has 1 N–H and O–H groups in total. The third-order valence-corrected chi connectivity index (χ3v) is 1.28. The van der Waals surface area contributed by atoms with Gasteiger partial charge in [-0.3, -0.25) is 0 Å². The SMILES string of the molecule is CN(C)C(=O)Oc1ccc(O)cn1. The molecule has 0 unspecified atom stereocenters. The molecule has 0 fully saturated rings. The minimum atomic E-state index is -0.502. The van der Waals surface area contributed by atoms with Gasteiger partial charge in [-0.2, -0.15) is 0 Å². The average Bonchev–Trinajstić information content (AvgIpc) is 2.08. The fraction of sp³-hybridized carbons (Fsp3) is 0.250. The lowest BCUT2D eigenvalue weighted by molar-refractivity contribution is 0.170. The van der Waals surface area contributed by atoms with E-state index in [1.54, 1.807) is 14.1 Å². The van der Waals surface area contributed by atoms with E-state index in [1.807, 2.05) is 0 Å². The molecule has 0 atom stereocenters. The van der Waals surface area contributed by atoms with Gasteiger partial charge >= 0.3 is 6.09 Å². The fourth-order valence-corrected chi connectivity index (χ4v) is 0.614. The van der Waals surface area contributed by atoms with E-state index in [1.165, 1.54) is 23.2 Å². The second-order valence-electron chi connectivity index (χ2n) is 2.62. The van der Waals surface area contributed by atoms with E-state index in [9.17, 15) is 4.79 Å². The highest BCUT2D eigenvalue weighted by atomic mass is 16.6. The van der Waals surface area contributed by atoms with Crippen LogP contribution in [0.1, 0.15) is 0 Å². The third-order valence-electron chi connectivity index (χ3n) is 1.28. The topological polar surface area (TPSA) is 62.7 Å². The molecular weight excluding hydrogens is 172 g/mol. The summed E-state index contributed by atoms with van der Waals surface area (Å²) in [5.74, 6) is 0.196. The summed E-state index contributed by atoms with van der Waals surface area (Å²) in [6.45, 7) is 0. The van der Waals surface area contributed by atoms with Gasteiger partial charge in [-0.25, -0.2) is 9.78 Å². The molecule has 0 aliphatic carbocycles. The van der Waals surface area contributed by atoms with Crippen molar-refractivity contribution in [1.82, 2.24) is 9.88 Å². The normalized spacial score (nSPS) is 9.38. The first-order chi connectivity index (χ1) is 6.09. The Labute approximate surface area is 75.6 Å². The molecule has 1 amide bonds. The Kier molecular flexibility index (Phi) is 2.69. The van der Waals surface area contributed by atoms with Crippen LogP contribution in [0.2, 0.25) is 0 Å². The Hall–Kier alpha value is -1.78. The predicted octanol–water partition coefficient (Wildman–Crippen LogP) is 0.848. The van der Waals surface area contributed by atoms with Gasteiger partial charge in [0.2, 0.25) is 5.88 Å². The quantitative estimate of drug-likeness (QED) is 0.699. The van der Waals surface area contributed by atoms with Gasteiger partial charge in [0.25, 0.3) is 0 Å². The van der Waals surface area contributed by atoms with Crippen molar-refractivity contribution in [2.45, 2.75) is 0 Å². The highest BCUT2D eigenvalue weighted by Crippen LogP contribution is 2.11. The molecule has 1 aromatic rings. The molecule has 5 nitrogen and oxygen atoms in total. The molecule has 1 aromatic heterocycles. The predicted molar refractivity (Wildman–Crippen MR) is 45.6 cm³/mol. The monoisotopic (exact) mass is 182 g/mol. The van der Waals surface area contributed by atoms with Crippen molar-refractivity contribution in [3.05, 3.63) is 18.3 Å². The van der Waals surface area contributed by atoms with Crippen LogP contribution in [0.5, 0.6) is 11.6 Å². The molecule has 0 aliphatic heterocycles. The Balaban J connectivity index is 2.65. The summed E-state index contributed by atoms with van der Waals surface area (Å²) >= 11 is 0. The van der Waals surface area contributed by atoms with Crippen LogP contribution in [0.3, 0.4) is 0 Å². The summed E-state index contributed by atoms with van der Waals surface area (Å²) in [4.78, 5) is 16.0. The van der Waals surface area contributed by atoms with Crippen molar-refractivity contribution >= 4 is 6.09 Å². The summed E-state index contributed by atoms with van der Waals surface area (Å²) in [5.41, 5.74) is 0. The molecule has 0 aromatic carbocycles. The Morgan fingerprint density at radius 3 is 2.69 bits per heavy atom.